The van der Waals surface area contributed by atoms with Gasteiger partial charge in [-0.1, -0.05) is 0 Å². The highest BCUT2D eigenvalue weighted by atomic mass is 16.2. The summed E-state index contributed by atoms with van der Waals surface area (Å²) in [6, 6.07) is 1.66. The van der Waals surface area contributed by atoms with Crippen molar-refractivity contribution in [2.75, 3.05) is 44.1 Å². The van der Waals surface area contributed by atoms with Crippen molar-refractivity contribution in [1.82, 2.24) is 19.8 Å². The van der Waals surface area contributed by atoms with Crippen LogP contribution in [0.25, 0.3) is 0 Å². The molecule has 2 aliphatic heterocycles. The van der Waals surface area contributed by atoms with Crippen molar-refractivity contribution in [2.24, 2.45) is 23.6 Å². The van der Waals surface area contributed by atoms with Gasteiger partial charge >= 0.3 is 0 Å². The number of likely N-dealkylation sites (tertiary alicyclic amines) is 1. The SMILES string of the molecule is [2H]C1C([2H])[C@@H]2C[C@H]1[C@]1([2H])C(=O)N(CC([2H])([2H])C([2H])([2H])C([2H])([2H])N3CCN(c4ncccn4)CC3)C(=O)[C@]21[2H]. The Morgan fingerprint density at radius 2 is 1.68 bits per heavy atom. The van der Waals surface area contributed by atoms with Crippen molar-refractivity contribution in [3.05, 3.63) is 18.5 Å². The summed E-state index contributed by atoms with van der Waals surface area (Å²) in [5.74, 6) is -8.68. The van der Waals surface area contributed by atoms with Crippen LogP contribution >= 0.6 is 0 Å². The third kappa shape index (κ3) is 3.09. The Labute approximate surface area is 180 Å². The van der Waals surface area contributed by atoms with Crippen LogP contribution in [0.3, 0.4) is 0 Å². The molecule has 2 bridgehead atoms. The average Bonchev–Trinajstić information content (AvgIpc) is 3.37. The van der Waals surface area contributed by atoms with Crippen molar-refractivity contribution in [1.29, 1.82) is 0 Å². The monoisotopic (exact) mass is 393 g/mol. The lowest BCUT2D eigenvalue weighted by molar-refractivity contribution is -0.140. The molecule has 7 nitrogen and oxygen atoms in total. The smallest absolute Gasteiger partial charge is 0.233 e. The lowest BCUT2D eigenvalue weighted by Crippen LogP contribution is -2.47. The topological polar surface area (TPSA) is 69.6 Å². The minimum absolute atomic E-state index is 0.0349. The molecule has 1 aromatic heterocycles. The minimum Gasteiger partial charge on any atom is -0.338 e. The van der Waals surface area contributed by atoms with E-state index in [0.29, 0.717) is 10.8 Å². The van der Waals surface area contributed by atoms with Crippen LogP contribution in [0, 0.1) is 23.6 Å². The van der Waals surface area contributed by atoms with Gasteiger partial charge in [0.1, 0.15) is 0 Å². The van der Waals surface area contributed by atoms with Crippen LogP contribution in [-0.2, 0) is 9.59 Å². The molecule has 2 aliphatic carbocycles. The normalized spacial score (nSPS) is 49.7. The van der Waals surface area contributed by atoms with E-state index < -0.39 is 74.0 Å². The van der Waals surface area contributed by atoms with E-state index in [-0.39, 0.29) is 32.6 Å². The molecular formula is C21H29N5O2. The van der Waals surface area contributed by atoms with Crippen molar-refractivity contribution in [2.45, 2.75) is 32.0 Å². The summed E-state index contributed by atoms with van der Waals surface area (Å²) in [7, 11) is 0. The van der Waals surface area contributed by atoms with Crippen molar-refractivity contribution >= 4 is 17.8 Å². The first-order chi connectivity index (χ1) is 17.5. The number of aromatic nitrogens is 2. The first kappa shape index (κ1) is 10.1. The van der Waals surface area contributed by atoms with Gasteiger partial charge < -0.3 is 4.90 Å². The van der Waals surface area contributed by atoms with Crippen LogP contribution < -0.4 is 4.90 Å². The number of carbonyl (C=O) groups excluding carboxylic acids is 2. The zero-order chi connectivity index (χ0) is 28.1. The van der Waals surface area contributed by atoms with Crippen LogP contribution in [0.4, 0.5) is 5.95 Å². The molecule has 0 spiro atoms. The third-order valence-electron chi connectivity index (χ3n) is 5.72. The second kappa shape index (κ2) is 7.43. The van der Waals surface area contributed by atoms with Crippen LogP contribution in [0.5, 0.6) is 0 Å². The lowest BCUT2D eigenvalue weighted by atomic mass is 9.81. The number of anilines is 1. The molecule has 0 radical (unpaired) electrons. The molecule has 6 atom stereocenters. The predicted molar refractivity (Wildman–Crippen MR) is 104 cm³/mol. The number of amides is 2. The van der Waals surface area contributed by atoms with Gasteiger partial charge in [-0.25, -0.2) is 9.97 Å². The number of carbonyl (C=O) groups is 2. The number of imide groups is 1. The highest BCUT2D eigenvalue weighted by Crippen LogP contribution is 2.56. The summed E-state index contributed by atoms with van der Waals surface area (Å²) in [5, 5.41) is 0. The number of rotatable bonds is 6. The summed E-state index contributed by atoms with van der Waals surface area (Å²) in [6.07, 6.45) is -5.40. The van der Waals surface area contributed by atoms with Crippen molar-refractivity contribution in [3.63, 3.8) is 0 Å². The maximum atomic E-state index is 13.3. The van der Waals surface area contributed by atoms with Crippen molar-refractivity contribution in [3.8, 4) is 0 Å². The molecule has 2 unspecified atom stereocenters. The van der Waals surface area contributed by atoms with Gasteiger partial charge in [-0.2, -0.15) is 0 Å². The second-order valence-corrected chi connectivity index (χ2v) is 7.29. The van der Waals surface area contributed by atoms with E-state index in [1.54, 1.807) is 23.4 Å². The fraction of sp³-hybridized carbons (Fsp3) is 0.714. The van der Waals surface area contributed by atoms with Crippen LogP contribution in [0.2, 0.25) is 0 Å². The molecule has 1 aromatic rings. The molecule has 2 saturated carbocycles. The van der Waals surface area contributed by atoms with Gasteiger partial charge in [0.2, 0.25) is 17.8 Å². The van der Waals surface area contributed by atoms with Gasteiger partial charge in [0.05, 0.1) is 11.8 Å². The Morgan fingerprint density at radius 3 is 2.32 bits per heavy atom. The molecule has 4 fully saturated rings. The quantitative estimate of drug-likeness (QED) is 0.681. The molecule has 28 heavy (non-hydrogen) atoms. The highest BCUT2D eigenvalue weighted by Gasteiger charge is 2.60. The molecule has 4 aliphatic rings. The summed E-state index contributed by atoms with van der Waals surface area (Å²) in [6.45, 7) is -3.43. The maximum Gasteiger partial charge on any atom is 0.233 e. The van der Waals surface area contributed by atoms with E-state index >= 15 is 0 Å². The minimum atomic E-state index is -3.22. The van der Waals surface area contributed by atoms with Gasteiger partial charge in [0, 0.05) is 58.8 Å². The molecule has 0 N–H and O–H groups in total. The van der Waals surface area contributed by atoms with E-state index in [0.717, 1.165) is 0 Å². The molecule has 0 aromatic carbocycles. The van der Waals surface area contributed by atoms with Gasteiger partial charge in [-0.15, -0.1) is 0 Å². The number of hydrogen-bond donors (Lipinski definition) is 0. The molecule has 5 rings (SSSR count). The fourth-order valence-electron chi connectivity index (χ4n) is 4.31. The average molecular weight is 394 g/mol. The van der Waals surface area contributed by atoms with Gasteiger partial charge in [-0.3, -0.25) is 19.4 Å². The maximum absolute atomic E-state index is 13.3. The second-order valence-electron chi connectivity index (χ2n) is 7.29. The molecular weight excluding hydrogens is 354 g/mol. The Morgan fingerprint density at radius 1 is 1.04 bits per heavy atom. The standard InChI is InChI=1S/C21H29N5O2/c27-19-17-15-4-5-16(14-15)18(17)20(28)26(19)9-2-1-8-24-10-12-25(13-11-24)21-22-6-3-7-23-21/h3,6-7,15-18H,1-2,4-5,8-14H2/t15-,16+,17-,18+/i1D2,2D2,4D,5D,8D2,17D,18D/t4?,5?,15-,16+,17-,18+. The predicted octanol–water partition coefficient (Wildman–Crippen LogP) is 1.41. The number of fused-ring (bicyclic) bond motifs is 5. The molecule has 2 saturated heterocycles. The van der Waals surface area contributed by atoms with Gasteiger partial charge in [0.15, 0.2) is 0 Å². The third-order valence-corrected chi connectivity index (χ3v) is 5.72. The van der Waals surface area contributed by atoms with Crippen LogP contribution in [0.15, 0.2) is 18.5 Å². The molecule has 150 valence electrons. The zero-order valence-corrected chi connectivity index (χ0v) is 15.3. The van der Waals surface area contributed by atoms with E-state index in [1.165, 1.54) is 4.90 Å². The summed E-state index contributed by atoms with van der Waals surface area (Å²) >= 11 is 0. The number of nitrogens with zero attached hydrogens (tertiary/aromatic N) is 5. The Bertz CT molecular complexity index is 1100. The van der Waals surface area contributed by atoms with E-state index in [9.17, 15) is 9.59 Å². The van der Waals surface area contributed by atoms with Gasteiger partial charge in [0.25, 0.3) is 0 Å². The molecule has 2 amide bonds. The first-order valence-electron chi connectivity index (χ1n) is 14.7. The largest absolute Gasteiger partial charge is 0.338 e. The Balaban J connectivity index is 1.35. The van der Waals surface area contributed by atoms with Crippen LogP contribution in [0.1, 0.15) is 45.7 Å². The van der Waals surface area contributed by atoms with Crippen LogP contribution in [-0.4, -0.2) is 70.8 Å². The van der Waals surface area contributed by atoms with E-state index in [2.05, 4.69) is 9.97 Å². The van der Waals surface area contributed by atoms with Crippen molar-refractivity contribution < 1.29 is 23.3 Å². The Hall–Kier alpha value is -2.02. The Kier molecular flexibility index (Phi) is 2.69. The lowest BCUT2D eigenvalue weighted by Gasteiger charge is -2.34. The fourth-order valence-corrected chi connectivity index (χ4v) is 4.31. The summed E-state index contributed by atoms with van der Waals surface area (Å²) in [5.41, 5.74) is 0. The number of piperazine rings is 1. The summed E-state index contributed by atoms with van der Waals surface area (Å²) in [4.78, 5) is 38.3. The van der Waals surface area contributed by atoms with E-state index in [1.807, 2.05) is 0 Å². The van der Waals surface area contributed by atoms with Gasteiger partial charge in [-0.05, 0) is 56.4 Å². The number of hydrogen-bond acceptors (Lipinski definition) is 6. The molecule has 3 heterocycles. The summed E-state index contributed by atoms with van der Waals surface area (Å²) < 4.78 is 85.1. The van der Waals surface area contributed by atoms with E-state index in [4.69, 9.17) is 13.7 Å². The first-order valence-corrected chi connectivity index (χ1v) is 9.51. The molecule has 7 heteroatoms. The zero-order valence-electron chi connectivity index (χ0n) is 25.3. The highest BCUT2D eigenvalue weighted by molar-refractivity contribution is 6.06.